The number of rotatable bonds is 17. The maximum absolute atomic E-state index is 13.9. The van der Waals surface area contributed by atoms with Crippen molar-refractivity contribution >= 4 is 51.8 Å². The molecule has 538 valence electrons. The number of allylic oxidation sites excluding steroid dienone is 4. The van der Waals surface area contributed by atoms with Gasteiger partial charge in [0, 0.05) is 64.4 Å². The molecule has 2 aliphatic rings. The molecule has 0 fully saturated rings. The number of nitrogens with two attached hydrogens (primary N) is 1. The summed E-state index contributed by atoms with van der Waals surface area (Å²) in [6, 6.07) is 82.6. The number of nitrogens with zero attached hydrogens (tertiary/aromatic N) is 7. The summed E-state index contributed by atoms with van der Waals surface area (Å²) in [6.45, 7) is 5.45. The van der Waals surface area contributed by atoms with Crippen LogP contribution in [-0.2, 0) is 12.8 Å². The minimum atomic E-state index is -0.750. The molecule has 4 N–H and O–H groups in total. The second-order valence-electron chi connectivity index (χ2n) is 25.5. The first-order valence-corrected chi connectivity index (χ1v) is 35.2. The Morgan fingerprint density at radius 2 is 0.766 bits per heavy atom. The van der Waals surface area contributed by atoms with Gasteiger partial charge < -0.3 is 40.0 Å². The molecule has 13 aromatic rings. The van der Waals surface area contributed by atoms with Crippen molar-refractivity contribution < 1.29 is 95.2 Å². The average Bonchev–Trinajstić information content (AvgIpc) is 1.62. The van der Waals surface area contributed by atoms with Crippen molar-refractivity contribution in [2.75, 3.05) is 48.2 Å². The molecule has 0 unspecified atom stereocenters. The zero-order chi connectivity index (χ0) is 74.9. The minimum absolute atomic E-state index is 0. The smallest absolute Gasteiger partial charge is 0.850 e. The third-order valence-electron chi connectivity index (χ3n) is 17.2. The van der Waals surface area contributed by atoms with Crippen molar-refractivity contribution in [2.45, 2.75) is 52.1 Å². The van der Waals surface area contributed by atoms with Crippen LogP contribution >= 0.6 is 23.2 Å². The van der Waals surface area contributed by atoms with Crippen LogP contribution < -0.4 is 81.2 Å². The zero-order valence-electron chi connectivity index (χ0n) is 60.9. The number of benzene rings is 9. The van der Waals surface area contributed by atoms with Crippen LogP contribution in [0.25, 0.3) is 95.1 Å². The van der Waals surface area contributed by atoms with Crippen LogP contribution in [0.2, 0.25) is 5.15 Å². The molecule has 0 bridgehead atoms. The van der Waals surface area contributed by atoms with Crippen LogP contribution in [-0.4, -0.2) is 110 Å². The van der Waals surface area contributed by atoms with Crippen LogP contribution in [0.3, 0.4) is 0 Å². The third-order valence-corrected chi connectivity index (χ3v) is 17.8. The Balaban J connectivity index is 0.000000161. The molecule has 4 aromatic heterocycles. The van der Waals surface area contributed by atoms with Crippen LogP contribution in [0.1, 0.15) is 65.7 Å². The SMILES string of the molecule is CC(C)(C)[O-].COc1ccc(-c2c(Cl)nc3c(-c4ccccc4)c(-c4ccccc4)nn3c2OC)cc1.COc1ccc(C2=C(CCCO)Cc3c(-c4ccccc4)c(-c4ccccc4)nn3C2=O)cc1.COc1ccc(C2=C(Cl)Cc3c(-c4ccccc4)c(-c4ccccc4)nn3C2=O)cc1.NCCO.[K+]. The van der Waals surface area contributed by atoms with Gasteiger partial charge in [0.2, 0.25) is 5.88 Å². The van der Waals surface area contributed by atoms with Crippen molar-refractivity contribution in [3.8, 4) is 101 Å². The van der Waals surface area contributed by atoms with Crippen molar-refractivity contribution in [1.82, 2.24) is 34.2 Å². The van der Waals surface area contributed by atoms with E-state index < -0.39 is 5.60 Å². The van der Waals surface area contributed by atoms with E-state index in [-0.39, 0.29) is 76.4 Å². The molecular formula is C87H81Cl2KN8O9. The standard InChI is InChI=1S/C29H26N2O3.C26H20ClN3O2.C26H19ClN2O2.C4H9O.C2H7NO.K/c1-34-24-16-14-21(15-17-24)26-23(13-8-18-32)19-25-27(20-9-4-2-5-10-20)28(30-31(25)29(26)33)22-11-6-3-7-12-22;1-31-20-15-13-18(14-16-20)22-24(27)28-25-21(17-9-5-3-6-10-17)23(19-11-7-4-8-12-19)29-30(25)26(22)32-2;1-31-20-14-12-18(13-15-20)23-21(27)16-22-24(17-8-4-2-5-9-17)25(28-29(22)26(23)30)19-10-6-3-7-11-19;1-4(2,3)5;3-1-2-4;/h2-7,9-12,14-17,32H,8,13,18-19H2,1H3;3-16H,1-2H3;2-15H,16H2,1H3;1-3H3;4H,1-3H2;/q;;;-1;;+1. The zero-order valence-corrected chi connectivity index (χ0v) is 65.5. The van der Waals surface area contributed by atoms with Crippen LogP contribution in [0, 0.1) is 0 Å². The topological polar surface area (TPSA) is 226 Å². The van der Waals surface area contributed by atoms with Crippen molar-refractivity contribution in [3.05, 3.63) is 293 Å². The van der Waals surface area contributed by atoms with Gasteiger partial charge in [-0.25, -0.2) is 4.98 Å². The van der Waals surface area contributed by atoms with E-state index in [0.29, 0.717) is 70.7 Å². The van der Waals surface area contributed by atoms with Crippen molar-refractivity contribution in [3.63, 3.8) is 0 Å². The molecule has 0 amide bonds. The van der Waals surface area contributed by atoms with E-state index in [1.807, 2.05) is 243 Å². The number of fused-ring (bicyclic) bond motifs is 3. The summed E-state index contributed by atoms with van der Waals surface area (Å²) in [4.78, 5) is 32.2. The molecule has 17 nitrogen and oxygen atoms in total. The number of hydrogen-bond donors (Lipinski definition) is 3. The molecule has 0 saturated heterocycles. The largest absolute Gasteiger partial charge is 1.00 e. The molecule has 20 heteroatoms. The fourth-order valence-electron chi connectivity index (χ4n) is 12.5. The maximum atomic E-state index is 13.9. The fraction of sp³-hybridized carbons (Fsp3) is 0.172. The fourth-order valence-corrected chi connectivity index (χ4v) is 13.1. The third kappa shape index (κ3) is 18.7. The van der Waals surface area contributed by atoms with E-state index in [2.05, 4.69) is 12.1 Å². The quantitative estimate of drug-likeness (QED) is 0.0569. The predicted octanol–water partition coefficient (Wildman–Crippen LogP) is 14.2. The number of hydrogen-bond acceptors (Lipinski definition) is 14. The summed E-state index contributed by atoms with van der Waals surface area (Å²) < 4.78 is 26.5. The first-order valence-electron chi connectivity index (χ1n) is 34.5. The average molecular weight is 1490 g/mol. The molecule has 0 radical (unpaired) electrons. The van der Waals surface area contributed by atoms with Gasteiger partial charge in [-0.15, -0.1) is 5.60 Å². The number of carbonyl (C=O) groups is 2. The molecule has 15 rings (SSSR count). The number of aliphatic hydroxyl groups excluding tert-OH is 2. The molecule has 107 heavy (non-hydrogen) atoms. The van der Waals surface area contributed by atoms with E-state index in [9.17, 15) is 19.8 Å². The second kappa shape index (κ2) is 37.6. The van der Waals surface area contributed by atoms with Gasteiger partial charge in [-0.2, -0.15) is 29.2 Å². The Kier molecular flexibility index (Phi) is 28.0. The Hall–Kier alpha value is -9.90. The van der Waals surface area contributed by atoms with E-state index in [1.165, 1.54) is 4.68 Å². The van der Waals surface area contributed by atoms with Gasteiger partial charge in [0.05, 0.1) is 63.1 Å². The Labute approximate surface area is 675 Å². The minimum Gasteiger partial charge on any atom is -0.850 e. The van der Waals surface area contributed by atoms with E-state index in [1.54, 1.807) is 58.4 Å². The van der Waals surface area contributed by atoms with Crippen molar-refractivity contribution in [1.29, 1.82) is 0 Å². The van der Waals surface area contributed by atoms with Gasteiger partial charge >= 0.3 is 51.4 Å². The summed E-state index contributed by atoms with van der Waals surface area (Å²) in [7, 11) is 6.48. The number of methoxy groups -OCH3 is 4. The molecule has 0 aliphatic carbocycles. The summed E-state index contributed by atoms with van der Waals surface area (Å²) in [5, 5.41) is 42.8. The predicted molar refractivity (Wildman–Crippen MR) is 420 cm³/mol. The van der Waals surface area contributed by atoms with Gasteiger partial charge in [0.15, 0.2) is 5.65 Å². The maximum Gasteiger partial charge on any atom is 1.00 e. The number of ether oxygens (including phenoxy) is 4. The van der Waals surface area contributed by atoms with Crippen LogP contribution in [0.4, 0.5) is 0 Å². The van der Waals surface area contributed by atoms with Crippen molar-refractivity contribution in [2.24, 2.45) is 5.73 Å². The number of halogens is 2. The van der Waals surface area contributed by atoms with Gasteiger partial charge in [-0.05, 0) is 82.6 Å². The summed E-state index contributed by atoms with van der Waals surface area (Å²) >= 11 is 13.5. The monoisotopic (exact) mass is 1490 g/mol. The Morgan fingerprint density at radius 3 is 1.13 bits per heavy atom. The Bertz CT molecular complexity index is 5180. The van der Waals surface area contributed by atoms with E-state index in [0.717, 1.165) is 118 Å². The summed E-state index contributed by atoms with van der Waals surface area (Å²) in [5.41, 5.74) is 22.8. The summed E-state index contributed by atoms with van der Waals surface area (Å²) in [5.74, 6) is 2.37. The molecule has 2 aliphatic heterocycles. The van der Waals surface area contributed by atoms with Crippen LogP contribution in [0.5, 0.6) is 23.1 Å². The second-order valence-corrected chi connectivity index (χ2v) is 26.3. The van der Waals surface area contributed by atoms with E-state index in [4.69, 9.17) is 73.3 Å². The molecule has 0 spiro atoms. The molecule has 9 aromatic carbocycles. The molecular weight excluding hydrogens is 1410 g/mol. The van der Waals surface area contributed by atoms with E-state index >= 15 is 0 Å². The number of aromatic nitrogens is 7. The van der Waals surface area contributed by atoms with Crippen LogP contribution in [0.15, 0.2) is 265 Å². The number of aliphatic hydroxyl groups is 2. The normalized spacial score (nSPS) is 12.2. The van der Waals surface area contributed by atoms with Gasteiger partial charge in [-0.1, -0.05) is 268 Å². The summed E-state index contributed by atoms with van der Waals surface area (Å²) in [6.07, 6.45) is 2.27. The van der Waals surface area contributed by atoms with Gasteiger partial charge in [0.1, 0.15) is 39.5 Å². The van der Waals surface area contributed by atoms with Gasteiger partial charge in [-0.3, -0.25) is 9.59 Å². The first-order chi connectivity index (χ1) is 51.5. The molecule has 0 atom stereocenters. The molecule has 0 saturated carbocycles. The number of carbonyl (C=O) groups excluding carboxylic acids is 2. The van der Waals surface area contributed by atoms with Gasteiger partial charge in [0.25, 0.3) is 11.8 Å². The molecule has 6 heterocycles. The first kappa shape index (κ1) is 79.7. The Morgan fingerprint density at radius 1 is 0.439 bits per heavy atom.